The molecule has 3 aromatic rings. The van der Waals surface area contributed by atoms with E-state index in [0.717, 1.165) is 46.7 Å². The van der Waals surface area contributed by atoms with Crippen molar-refractivity contribution < 1.29 is 4.79 Å². The Balaban J connectivity index is 1.60. The van der Waals surface area contributed by atoms with Crippen LogP contribution in [0.4, 0.5) is 5.82 Å². The molecule has 0 spiro atoms. The number of fused-ring (bicyclic) bond motifs is 1. The Kier molecular flexibility index (Phi) is 4.86. The van der Waals surface area contributed by atoms with Crippen LogP contribution in [0.2, 0.25) is 0 Å². The number of imidazole rings is 1. The van der Waals surface area contributed by atoms with E-state index < -0.39 is 0 Å². The van der Waals surface area contributed by atoms with E-state index in [4.69, 9.17) is 4.98 Å². The van der Waals surface area contributed by atoms with Gasteiger partial charge in [-0.3, -0.25) is 9.20 Å². The lowest BCUT2D eigenvalue weighted by molar-refractivity contribution is 0.0738. The van der Waals surface area contributed by atoms with E-state index in [1.54, 1.807) is 6.20 Å². The molecule has 1 fully saturated rings. The summed E-state index contributed by atoms with van der Waals surface area (Å²) in [7, 11) is 0. The maximum absolute atomic E-state index is 13.3. The molecule has 0 atom stereocenters. The van der Waals surface area contributed by atoms with E-state index >= 15 is 0 Å². The number of hydrogen-bond donors (Lipinski definition) is 0. The lowest BCUT2D eigenvalue weighted by Gasteiger charge is -2.35. The molecule has 0 radical (unpaired) electrons. The van der Waals surface area contributed by atoms with Crippen LogP contribution in [0.15, 0.2) is 41.1 Å². The van der Waals surface area contributed by atoms with Crippen LogP contribution in [0.25, 0.3) is 5.65 Å². The lowest BCUT2D eigenvalue weighted by Crippen LogP contribution is -2.49. The normalized spacial score (nSPS) is 14.8. The summed E-state index contributed by atoms with van der Waals surface area (Å²) in [6.07, 6.45) is 4.52. The highest BCUT2D eigenvalue weighted by atomic mass is 79.9. The van der Waals surface area contributed by atoms with Crippen molar-refractivity contribution in [1.82, 2.24) is 19.3 Å². The Morgan fingerprint density at radius 1 is 1.22 bits per heavy atom. The Morgan fingerprint density at radius 2 is 2.00 bits per heavy atom. The fourth-order valence-corrected chi connectivity index (χ4v) is 4.22. The number of anilines is 1. The second-order valence-electron chi connectivity index (χ2n) is 6.79. The van der Waals surface area contributed by atoms with E-state index in [0.29, 0.717) is 18.8 Å². The van der Waals surface area contributed by atoms with Crippen molar-refractivity contribution in [2.24, 2.45) is 0 Å². The summed E-state index contributed by atoms with van der Waals surface area (Å²) >= 11 is 3.58. The minimum atomic E-state index is 0.0533. The molecule has 140 valence electrons. The average molecular weight is 428 g/mol. The van der Waals surface area contributed by atoms with Crippen LogP contribution >= 0.6 is 15.9 Å². The summed E-state index contributed by atoms with van der Waals surface area (Å²) in [5, 5.41) is 0. The highest BCUT2D eigenvalue weighted by Gasteiger charge is 2.27. The van der Waals surface area contributed by atoms with E-state index in [1.807, 2.05) is 53.6 Å². The fourth-order valence-electron chi connectivity index (χ4n) is 3.58. The van der Waals surface area contributed by atoms with E-state index in [1.165, 1.54) is 0 Å². The smallest absolute Gasteiger partial charge is 0.272 e. The molecule has 0 N–H and O–H groups in total. The number of aryl methyl sites for hydroxylation is 2. The summed E-state index contributed by atoms with van der Waals surface area (Å²) in [6.45, 7) is 6.99. The topological polar surface area (TPSA) is 53.7 Å². The predicted molar refractivity (Wildman–Crippen MR) is 109 cm³/mol. The van der Waals surface area contributed by atoms with Gasteiger partial charge < -0.3 is 9.80 Å². The molecular weight excluding hydrogens is 406 g/mol. The minimum absolute atomic E-state index is 0.0533. The molecule has 3 aromatic heterocycles. The van der Waals surface area contributed by atoms with Crippen molar-refractivity contribution in [3.05, 3.63) is 58.1 Å². The van der Waals surface area contributed by atoms with Gasteiger partial charge in [0.1, 0.15) is 11.5 Å². The Labute approximate surface area is 167 Å². The van der Waals surface area contributed by atoms with Crippen LogP contribution in [0.3, 0.4) is 0 Å². The van der Waals surface area contributed by atoms with Crippen LogP contribution < -0.4 is 4.90 Å². The Morgan fingerprint density at radius 3 is 2.67 bits per heavy atom. The highest BCUT2D eigenvalue weighted by molar-refractivity contribution is 9.10. The molecule has 1 amide bonds. The molecule has 1 aliphatic heterocycles. The summed E-state index contributed by atoms with van der Waals surface area (Å²) in [5.74, 6) is 1.02. The van der Waals surface area contributed by atoms with Crippen LogP contribution in [-0.2, 0) is 6.42 Å². The van der Waals surface area contributed by atoms with Gasteiger partial charge >= 0.3 is 0 Å². The zero-order valence-electron chi connectivity index (χ0n) is 15.5. The van der Waals surface area contributed by atoms with Gasteiger partial charge in [-0.1, -0.05) is 13.0 Å². The van der Waals surface area contributed by atoms with E-state index in [9.17, 15) is 4.79 Å². The van der Waals surface area contributed by atoms with Crippen molar-refractivity contribution in [3.63, 3.8) is 0 Å². The third-order valence-corrected chi connectivity index (χ3v) is 5.55. The highest BCUT2D eigenvalue weighted by Crippen LogP contribution is 2.24. The van der Waals surface area contributed by atoms with E-state index in [2.05, 4.69) is 25.8 Å². The largest absolute Gasteiger partial charge is 0.353 e. The molecule has 0 bridgehead atoms. The maximum atomic E-state index is 13.3. The Bertz CT molecular complexity index is 977. The number of carbonyl (C=O) groups excluding carboxylic acids is 1. The SMILES string of the molecule is CCc1nc2c(Br)cc(C)cn2c1C(=O)N1CCN(c2ccccn2)CC1. The number of pyridine rings is 2. The summed E-state index contributed by atoms with van der Waals surface area (Å²) < 4.78 is 2.85. The molecule has 4 rings (SSSR count). The first-order valence-corrected chi connectivity index (χ1v) is 10.00. The molecule has 0 saturated carbocycles. The molecule has 7 heteroatoms. The summed E-state index contributed by atoms with van der Waals surface area (Å²) in [5.41, 5.74) is 3.41. The minimum Gasteiger partial charge on any atom is -0.353 e. The first kappa shape index (κ1) is 18.0. The van der Waals surface area contributed by atoms with Gasteiger partial charge in [-0.15, -0.1) is 0 Å². The lowest BCUT2D eigenvalue weighted by atomic mass is 10.2. The van der Waals surface area contributed by atoms with Gasteiger partial charge in [0, 0.05) is 38.6 Å². The van der Waals surface area contributed by atoms with Crippen molar-refractivity contribution in [3.8, 4) is 0 Å². The number of piperazine rings is 1. The maximum Gasteiger partial charge on any atom is 0.272 e. The number of carbonyl (C=O) groups is 1. The summed E-state index contributed by atoms with van der Waals surface area (Å²) in [4.78, 5) is 26.6. The number of aromatic nitrogens is 3. The van der Waals surface area contributed by atoms with Gasteiger partial charge in [-0.25, -0.2) is 9.97 Å². The molecule has 27 heavy (non-hydrogen) atoms. The quantitative estimate of drug-likeness (QED) is 0.643. The number of rotatable bonds is 3. The number of amides is 1. The van der Waals surface area contributed by atoms with Gasteiger partial charge in [0.25, 0.3) is 5.91 Å². The van der Waals surface area contributed by atoms with Crippen molar-refractivity contribution in [2.45, 2.75) is 20.3 Å². The second kappa shape index (κ2) is 7.31. The molecule has 0 aromatic carbocycles. The van der Waals surface area contributed by atoms with Crippen molar-refractivity contribution in [1.29, 1.82) is 0 Å². The third kappa shape index (κ3) is 3.32. The summed E-state index contributed by atoms with van der Waals surface area (Å²) in [6, 6.07) is 7.95. The van der Waals surface area contributed by atoms with Crippen LogP contribution in [-0.4, -0.2) is 51.4 Å². The first-order chi connectivity index (χ1) is 13.1. The fraction of sp³-hybridized carbons (Fsp3) is 0.350. The number of halogens is 1. The molecule has 0 aliphatic carbocycles. The molecule has 0 unspecified atom stereocenters. The third-order valence-electron chi connectivity index (χ3n) is 4.96. The first-order valence-electron chi connectivity index (χ1n) is 9.21. The van der Waals surface area contributed by atoms with Gasteiger partial charge in [0.05, 0.1) is 10.2 Å². The van der Waals surface area contributed by atoms with E-state index in [-0.39, 0.29) is 5.91 Å². The van der Waals surface area contributed by atoms with Gasteiger partial charge in [-0.2, -0.15) is 0 Å². The molecule has 4 heterocycles. The van der Waals surface area contributed by atoms with Gasteiger partial charge in [0.2, 0.25) is 0 Å². The van der Waals surface area contributed by atoms with Crippen LogP contribution in [0.1, 0.15) is 28.7 Å². The molecule has 1 aliphatic rings. The number of hydrogen-bond acceptors (Lipinski definition) is 4. The monoisotopic (exact) mass is 427 g/mol. The standard InChI is InChI=1S/C20H22BrN5O/c1-3-16-18(26-13-14(2)12-15(21)19(26)23-16)20(27)25-10-8-24(9-11-25)17-6-4-5-7-22-17/h4-7,12-13H,3,8-11H2,1-2H3. The predicted octanol–water partition coefficient (Wildman–Crippen LogP) is 3.33. The van der Waals surface area contributed by atoms with Crippen molar-refractivity contribution >= 4 is 33.3 Å². The number of nitrogens with zero attached hydrogens (tertiary/aromatic N) is 5. The van der Waals surface area contributed by atoms with Crippen molar-refractivity contribution in [2.75, 3.05) is 31.1 Å². The van der Waals surface area contributed by atoms with Gasteiger partial charge in [-0.05, 0) is 53.0 Å². The zero-order valence-corrected chi connectivity index (χ0v) is 17.1. The zero-order chi connectivity index (χ0) is 19.0. The average Bonchev–Trinajstić information content (AvgIpc) is 3.07. The van der Waals surface area contributed by atoms with Gasteiger partial charge in [0.15, 0.2) is 5.65 Å². The second-order valence-corrected chi connectivity index (χ2v) is 7.64. The molecule has 1 saturated heterocycles. The Hall–Kier alpha value is -2.41. The molecule has 6 nitrogen and oxygen atoms in total. The van der Waals surface area contributed by atoms with Crippen LogP contribution in [0, 0.1) is 6.92 Å². The molecular formula is C20H22BrN5O. The van der Waals surface area contributed by atoms with Crippen LogP contribution in [0.5, 0.6) is 0 Å².